The summed E-state index contributed by atoms with van der Waals surface area (Å²) in [5.41, 5.74) is 0.840. The zero-order valence-corrected chi connectivity index (χ0v) is 40.7. The van der Waals surface area contributed by atoms with E-state index >= 15 is 8.78 Å². The first-order valence-electron chi connectivity index (χ1n) is 23.3. The lowest BCUT2D eigenvalue weighted by molar-refractivity contribution is -0.151. The summed E-state index contributed by atoms with van der Waals surface area (Å²) < 4.78 is 65.5. The van der Waals surface area contributed by atoms with E-state index in [1.54, 1.807) is 13.0 Å². The van der Waals surface area contributed by atoms with Crippen LogP contribution in [-0.4, -0.2) is 104 Å². The number of nitrogens with zero attached hydrogens (tertiary/aromatic N) is 2. The summed E-state index contributed by atoms with van der Waals surface area (Å²) in [6, 6.07) is 4.53. The Morgan fingerprint density at radius 1 is 0.824 bits per heavy atom. The van der Waals surface area contributed by atoms with Crippen molar-refractivity contribution >= 4 is 62.8 Å². The molecule has 2 unspecified atom stereocenters. The standard InChI is InChI=1S/C49H63F2N3O13S/c1-8-13-31(11-4)67-44(60)17-15-41(57)53-25-30-20-36(62-6)47(46(51)34(30)26-53)64-18-12-19-65-48-37(63-7)23-38-33(45(48)50)21-39(68-38)35(55)14-16-43(59)66-28(5)24-52-40(56)27-54-42(58)22-32(49(54)61)29(9-2)10-3/h20-21,23,28-29,31-32H,8-19,22,24-27H2,1-7H3,(H,52,56)/t28-,31?,32?/m0/s1. The van der Waals surface area contributed by atoms with Crippen molar-refractivity contribution in [2.75, 3.05) is 40.5 Å². The number of methoxy groups -OCH3 is 2. The third kappa shape index (κ3) is 13.2. The normalized spacial score (nSPS) is 15.4. The van der Waals surface area contributed by atoms with Crippen LogP contribution < -0.4 is 24.3 Å². The Hall–Kier alpha value is -5.85. The average Bonchev–Trinajstić information content (AvgIpc) is 4.03. The number of fused-ring (bicyclic) bond motifs is 2. The smallest absolute Gasteiger partial charge is 0.306 e. The number of esters is 2. The molecule has 2 aliphatic rings. The molecular weight excluding hydrogens is 909 g/mol. The molecular formula is C49H63F2N3O13S. The number of nitrogens with one attached hydrogen (secondary N) is 1. The fraction of sp³-hybridized carbons (Fsp3) is 0.571. The number of imide groups is 1. The average molecular weight is 972 g/mol. The van der Waals surface area contributed by atoms with Crippen LogP contribution in [0.3, 0.4) is 0 Å². The first-order chi connectivity index (χ1) is 32.6. The van der Waals surface area contributed by atoms with Gasteiger partial charge in [-0.05, 0) is 43.4 Å². The summed E-state index contributed by atoms with van der Waals surface area (Å²) in [5.74, 6) is -5.11. The van der Waals surface area contributed by atoms with Crippen molar-refractivity contribution in [3.63, 3.8) is 0 Å². The minimum atomic E-state index is -0.770. The lowest BCUT2D eigenvalue weighted by Crippen LogP contribution is -2.43. The van der Waals surface area contributed by atoms with Crippen LogP contribution in [0.5, 0.6) is 23.0 Å². The topological polar surface area (TPSA) is 193 Å². The molecule has 68 heavy (non-hydrogen) atoms. The van der Waals surface area contributed by atoms with Gasteiger partial charge in [-0.1, -0.05) is 47.0 Å². The summed E-state index contributed by atoms with van der Waals surface area (Å²) in [6.45, 7) is 8.95. The number of likely N-dealkylation sites (tertiary alicyclic amines) is 1. The molecule has 1 saturated heterocycles. The van der Waals surface area contributed by atoms with Gasteiger partial charge >= 0.3 is 11.9 Å². The number of Topliss-reactive ketones (excluding diaryl/α,β-unsaturated/α-hetero) is 1. The van der Waals surface area contributed by atoms with Crippen LogP contribution >= 0.6 is 11.3 Å². The van der Waals surface area contributed by atoms with Crippen molar-refractivity contribution in [2.24, 2.45) is 11.8 Å². The molecule has 2 aromatic carbocycles. The summed E-state index contributed by atoms with van der Waals surface area (Å²) in [5, 5.41) is 2.69. The number of carbonyl (C=O) groups excluding carboxylic acids is 7. The van der Waals surface area contributed by atoms with Crippen LogP contribution in [-0.2, 0) is 51.3 Å². The molecule has 2 aliphatic heterocycles. The van der Waals surface area contributed by atoms with Crippen molar-refractivity contribution in [2.45, 2.75) is 131 Å². The second kappa shape index (κ2) is 25.0. The van der Waals surface area contributed by atoms with Crippen molar-refractivity contribution in [3.8, 4) is 23.0 Å². The van der Waals surface area contributed by atoms with Crippen LogP contribution in [0.15, 0.2) is 18.2 Å². The molecule has 0 aliphatic carbocycles. The maximum atomic E-state index is 15.9. The molecule has 3 atom stereocenters. The number of benzene rings is 2. The Morgan fingerprint density at radius 3 is 2.12 bits per heavy atom. The predicted molar refractivity (Wildman–Crippen MR) is 246 cm³/mol. The van der Waals surface area contributed by atoms with Gasteiger partial charge in [0.2, 0.25) is 23.6 Å². The Balaban J connectivity index is 1.07. The van der Waals surface area contributed by atoms with Crippen LogP contribution in [0.4, 0.5) is 8.78 Å². The first kappa shape index (κ1) is 53.1. The third-order valence-electron chi connectivity index (χ3n) is 12.2. The highest BCUT2D eigenvalue weighted by Gasteiger charge is 2.42. The second-order valence-corrected chi connectivity index (χ2v) is 18.0. The molecule has 0 saturated carbocycles. The molecule has 16 nitrogen and oxygen atoms in total. The molecule has 3 heterocycles. The number of thiophene rings is 1. The number of hydrogen-bond donors (Lipinski definition) is 1. The van der Waals surface area contributed by atoms with E-state index in [4.69, 9.17) is 28.4 Å². The Morgan fingerprint density at radius 2 is 1.47 bits per heavy atom. The first-order valence-corrected chi connectivity index (χ1v) is 24.1. The van der Waals surface area contributed by atoms with Gasteiger partial charge in [-0.3, -0.25) is 38.5 Å². The van der Waals surface area contributed by atoms with Gasteiger partial charge in [0, 0.05) is 60.5 Å². The number of hydrogen-bond acceptors (Lipinski definition) is 14. The molecule has 4 amide bonds. The van der Waals surface area contributed by atoms with Crippen molar-refractivity contribution < 1.29 is 70.8 Å². The maximum absolute atomic E-state index is 15.9. The molecule has 0 bridgehead atoms. The molecule has 0 spiro atoms. The van der Waals surface area contributed by atoms with Gasteiger partial charge in [-0.25, -0.2) is 8.78 Å². The van der Waals surface area contributed by atoms with E-state index in [0.29, 0.717) is 16.7 Å². The van der Waals surface area contributed by atoms with Gasteiger partial charge in [0.1, 0.15) is 18.8 Å². The third-order valence-corrected chi connectivity index (χ3v) is 13.3. The maximum Gasteiger partial charge on any atom is 0.306 e. The summed E-state index contributed by atoms with van der Waals surface area (Å²) >= 11 is 1.02. The fourth-order valence-corrected chi connectivity index (χ4v) is 9.41. The van der Waals surface area contributed by atoms with Gasteiger partial charge in [0.15, 0.2) is 40.4 Å². The van der Waals surface area contributed by atoms with Gasteiger partial charge < -0.3 is 38.6 Å². The van der Waals surface area contributed by atoms with Crippen LogP contribution in [0.2, 0.25) is 0 Å². The minimum absolute atomic E-state index is 0.00597. The van der Waals surface area contributed by atoms with Crippen molar-refractivity contribution in [1.29, 1.82) is 0 Å². The van der Waals surface area contributed by atoms with E-state index in [2.05, 4.69) is 5.32 Å². The molecule has 1 N–H and O–H groups in total. The van der Waals surface area contributed by atoms with Crippen LogP contribution in [0.25, 0.3) is 10.1 Å². The summed E-state index contributed by atoms with van der Waals surface area (Å²) in [6.07, 6.45) is 2.49. The Kier molecular flexibility index (Phi) is 19.5. The molecule has 372 valence electrons. The SMILES string of the molecule is CCCC(CC)OC(=O)CCC(=O)N1Cc2cc(OC)c(OCCCOc3c(OC)cc4sc(C(=O)CCC(=O)O[C@@H](C)CNC(=O)CN5C(=O)CC(C(CC)CC)C5=O)cc4c3F)c(F)c2C1. The lowest BCUT2D eigenvalue weighted by Gasteiger charge is -2.20. The Bertz CT molecular complexity index is 2330. The highest BCUT2D eigenvalue weighted by atomic mass is 32.1. The Labute approximate surface area is 399 Å². The van der Waals surface area contributed by atoms with Gasteiger partial charge in [0.25, 0.3) is 0 Å². The molecule has 3 aromatic rings. The predicted octanol–water partition coefficient (Wildman–Crippen LogP) is 7.61. The molecule has 0 radical (unpaired) electrons. The molecule has 19 heteroatoms. The van der Waals surface area contributed by atoms with E-state index in [9.17, 15) is 33.6 Å². The summed E-state index contributed by atoms with van der Waals surface area (Å²) in [7, 11) is 2.71. The highest BCUT2D eigenvalue weighted by Crippen LogP contribution is 2.41. The number of halogens is 2. The quantitative estimate of drug-likeness (QED) is 0.0340. The molecule has 1 aromatic heterocycles. The molecule has 5 rings (SSSR count). The van der Waals surface area contributed by atoms with Crippen LogP contribution in [0.1, 0.15) is 126 Å². The van der Waals surface area contributed by atoms with E-state index in [0.717, 1.165) is 41.9 Å². The van der Waals surface area contributed by atoms with Gasteiger partial charge in [0.05, 0.1) is 57.6 Å². The van der Waals surface area contributed by atoms with E-state index in [1.807, 2.05) is 27.7 Å². The number of amides is 4. The summed E-state index contributed by atoms with van der Waals surface area (Å²) in [4.78, 5) is 91.6. The number of rotatable bonds is 27. The zero-order valence-electron chi connectivity index (χ0n) is 39.9. The van der Waals surface area contributed by atoms with Crippen molar-refractivity contribution in [1.82, 2.24) is 15.1 Å². The number of ketones is 1. The highest BCUT2D eigenvalue weighted by molar-refractivity contribution is 7.20. The monoisotopic (exact) mass is 971 g/mol. The molecule has 1 fully saturated rings. The van der Waals surface area contributed by atoms with E-state index in [1.165, 1.54) is 31.3 Å². The second-order valence-electron chi connectivity index (χ2n) is 16.9. The zero-order chi connectivity index (χ0) is 49.7. The number of carbonyl (C=O) groups is 7. The fourth-order valence-electron chi connectivity index (χ4n) is 8.36. The van der Waals surface area contributed by atoms with Crippen LogP contribution in [0, 0.1) is 23.5 Å². The minimum Gasteiger partial charge on any atom is -0.493 e. The van der Waals surface area contributed by atoms with Gasteiger partial charge in [-0.2, -0.15) is 0 Å². The van der Waals surface area contributed by atoms with Gasteiger partial charge in [-0.15, -0.1) is 11.3 Å². The van der Waals surface area contributed by atoms with E-state index < -0.39 is 53.8 Å². The van der Waals surface area contributed by atoms with Crippen molar-refractivity contribution in [3.05, 3.63) is 45.8 Å². The lowest BCUT2D eigenvalue weighted by atomic mass is 9.87. The van der Waals surface area contributed by atoms with E-state index in [-0.39, 0.29) is 140 Å². The number of ether oxygens (including phenoxy) is 6. The largest absolute Gasteiger partial charge is 0.493 e.